The van der Waals surface area contributed by atoms with Gasteiger partial charge in [-0.15, -0.1) is 22.0 Å². The van der Waals surface area contributed by atoms with Crippen LogP contribution in [0, 0.1) is 10.1 Å². The van der Waals surface area contributed by atoms with Gasteiger partial charge in [0.1, 0.15) is 0 Å². The highest BCUT2D eigenvalue weighted by atomic mass is 32.2. The standard InChI is InChI=1S/C19H17N3O5S/c1-12(28-15-7-8-16-17(11-15)26-10-2-9-25-16)18-20-21-19(27-18)13-3-5-14(6-4-13)22(23)24/h3-8,11-12H,2,9-10H2,1H3. The van der Waals surface area contributed by atoms with Crippen molar-refractivity contribution in [2.75, 3.05) is 13.2 Å². The van der Waals surface area contributed by atoms with Crippen LogP contribution in [0.1, 0.15) is 24.5 Å². The predicted molar refractivity (Wildman–Crippen MR) is 103 cm³/mol. The molecule has 0 N–H and O–H groups in total. The third-order valence-corrected chi connectivity index (χ3v) is 5.23. The van der Waals surface area contributed by atoms with Crippen LogP contribution in [-0.2, 0) is 0 Å². The van der Waals surface area contributed by atoms with Gasteiger partial charge in [-0.1, -0.05) is 0 Å². The van der Waals surface area contributed by atoms with E-state index in [1.165, 1.54) is 12.1 Å². The summed E-state index contributed by atoms with van der Waals surface area (Å²) in [6.07, 6.45) is 0.862. The molecular weight excluding hydrogens is 382 g/mol. The van der Waals surface area contributed by atoms with Crippen molar-refractivity contribution in [3.05, 3.63) is 58.5 Å². The lowest BCUT2D eigenvalue weighted by Gasteiger charge is -2.11. The van der Waals surface area contributed by atoms with E-state index in [0.717, 1.165) is 22.8 Å². The third kappa shape index (κ3) is 3.94. The first-order valence-corrected chi connectivity index (χ1v) is 9.62. The van der Waals surface area contributed by atoms with Gasteiger partial charge in [0.25, 0.3) is 5.69 Å². The molecular formula is C19H17N3O5S. The molecule has 0 bridgehead atoms. The summed E-state index contributed by atoms with van der Waals surface area (Å²) in [6.45, 7) is 3.27. The number of non-ortho nitro benzene ring substituents is 1. The van der Waals surface area contributed by atoms with Gasteiger partial charge in [0.05, 0.1) is 23.4 Å². The Kier molecular flexibility index (Phi) is 5.16. The van der Waals surface area contributed by atoms with Crippen LogP contribution in [0.5, 0.6) is 11.5 Å². The first-order chi connectivity index (χ1) is 13.6. The number of fused-ring (bicyclic) bond motifs is 1. The maximum Gasteiger partial charge on any atom is 0.269 e. The molecule has 1 aliphatic rings. The SMILES string of the molecule is CC(Sc1ccc2c(c1)OCCCO2)c1nnc(-c2ccc([N+](=O)[O-])cc2)o1. The van der Waals surface area contributed by atoms with Crippen molar-refractivity contribution in [2.24, 2.45) is 0 Å². The summed E-state index contributed by atoms with van der Waals surface area (Å²) in [5.74, 6) is 2.31. The first kappa shape index (κ1) is 18.3. The fourth-order valence-corrected chi connectivity index (χ4v) is 3.64. The first-order valence-electron chi connectivity index (χ1n) is 8.75. The van der Waals surface area contributed by atoms with E-state index in [1.54, 1.807) is 23.9 Å². The Morgan fingerprint density at radius 3 is 2.57 bits per heavy atom. The topological polar surface area (TPSA) is 101 Å². The number of rotatable bonds is 5. The molecule has 2 aromatic carbocycles. The van der Waals surface area contributed by atoms with Gasteiger partial charge >= 0.3 is 0 Å². The van der Waals surface area contributed by atoms with Gasteiger partial charge in [-0.3, -0.25) is 10.1 Å². The predicted octanol–water partition coefficient (Wildman–Crippen LogP) is 4.66. The molecule has 3 aromatic rings. The Balaban J connectivity index is 1.48. The van der Waals surface area contributed by atoms with Gasteiger partial charge in [0, 0.05) is 29.0 Å². The quantitative estimate of drug-likeness (QED) is 0.347. The zero-order valence-corrected chi connectivity index (χ0v) is 15.8. The molecule has 0 saturated heterocycles. The van der Waals surface area contributed by atoms with Crippen LogP contribution in [0.15, 0.2) is 51.8 Å². The lowest BCUT2D eigenvalue weighted by molar-refractivity contribution is -0.384. The fourth-order valence-electron chi connectivity index (χ4n) is 2.71. The minimum Gasteiger partial charge on any atom is -0.490 e. The van der Waals surface area contributed by atoms with Crippen LogP contribution in [-0.4, -0.2) is 28.3 Å². The lowest BCUT2D eigenvalue weighted by Crippen LogP contribution is -1.97. The van der Waals surface area contributed by atoms with Crippen LogP contribution in [0.2, 0.25) is 0 Å². The Morgan fingerprint density at radius 2 is 1.82 bits per heavy atom. The van der Waals surface area contributed by atoms with Crippen molar-refractivity contribution in [1.29, 1.82) is 0 Å². The molecule has 0 aliphatic carbocycles. The molecule has 1 aromatic heterocycles. The van der Waals surface area contributed by atoms with E-state index in [1.807, 2.05) is 25.1 Å². The van der Waals surface area contributed by atoms with Crippen LogP contribution < -0.4 is 9.47 Å². The van der Waals surface area contributed by atoms with Crippen LogP contribution in [0.3, 0.4) is 0 Å². The Morgan fingerprint density at radius 1 is 1.07 bits per heavy atom. The average Bonchev–Trinajstić information content (AvgIpc) is 3.08. The van der Waals surface area contributed by atoms with Crippen molar-refractivity contribution >= 4 is 17.4 Å². The van der Waals surface area contributed by atoms with Gasteiger partial charge in [0.15, 0.2) is 11.5 Å². The summed E-state index contributed by atoms with van der Waals surface area (Å²) in [5.41, 5.74) is 0.652. The zero-order valence-electron chi connectivity index (χ0n) is 15.0. The fraction of sp³-hybridized carbons (Fsp3) is 0.263. The van der Waals surface area contributed by atoms with Crippen molar-refractivity contribution < 1.29 is 18.8 Å². The minimum atomic E-state index is -0.447. The molecule has 0 saturated carbocycles. The zero-order chi connectivity index (χ0) is 19.5. The summed E-state index contributed by atoms with van der Waals surface area (Å²) in [6, 6.07) is 11.8. The molecule has 0 radical (unpaired) electrons. The molecule has 1 unspecified atom stereocenters. The summed E-state index contributed by atoms with van der Waals surface area (Å²) < 4.78 is 17.1. The second kappa shape index (κ2) is 7.89. The number of hydrogen-bond acceptors (Lipinski definition) is 8. The third-order valence-electron chi connectivity index (χ3n) is 4.15. The van der Waals surface area contributed by atoms with Crippen molar-refractivity contribution in [1.82, 2.24) is 10.2 Å². The number of aromatic nitrogens is 2. The Hall–Kier alpha value is -3.07. The second-order valence-corrected chi connectivity index (χ2v) is 7.58. The molecule has 2 heterocycles. The number of hydrogen-bond donors (Lipinski definition) is 0. The van der Waals surface area contributed by atoms with Gasteiger partial charge in [0.2, 0.25) is 11.8 Å². The highest BCUT2D eigenvalue weighted by Crippen LogP contribution is 2.39. The molecule has 144 valence electrons. The molecule has 28 heavy (non-hydrogen) atoms. The molecule has 0 spiro atoms. The van der Waals surface area contributed by atoms with E-state index >= 15 is 0 Å². The Labute approximate surface area is 165 Å². The maximum absolute atomic E-state index is 10.8. The number of nitro groups is 1. The molecule has 0 fully saturated rings. The van der Waals surface area contributed by atoms with Gasteiger partial charge in [-0.2, -0.15) is 0 Å². The van der Waals surface area contributed by atoms with Crippen LogP contribution in [0.25, 0.3) is 11.5 Å². The van der Waals surface area contributed by atoms with Crippen molar-refractivity contribution in [2.45, 2.75) is 23.5 Å². The van der Waals surface area contributed by atoms with E-state index in [4.69, 9.17) is 13.9 Å². The molecule has 8 nitrogen and oxygen atoms in total. The smallest absolute Gasteiger partial charge is 0.269 e. The highest BCUT2D eigenvalue weighted by Gasteiger charge is 2.18. The number of benzene rings is 2. The Bertz CT molecular complexity index is 989. The van der Waals surface area contributed by atoms with E-state index in [9.17, 15) is 10.1 Å². The maximum atomic E-state index is 10.8. The summed E-state index contributed by atoms with van der Waals surface area (Å²) >= 11 is 1.57. The molecule has 0 amide bonds. The van der Waals surface area contributed by atoms with Crippen molar-refractivity contribution in [3.63, 3.8) is 0 Å². The van der Waals surface area contributed by atoms with E-state index in [2.05, 4.69) is 10.2 Å². The number of thioether (sulfide) groups is 1. The average molecular weight is 399 g/mol. The van der Waals surface area contributed by atoms with E-state index < -0.39 is 4.92 Å². The summed E-state index contributed by atoms with van der Waals surface area (Å²) in [5, 5.41) is 18.9. The number of ether oxygens (including phenoxy) is 2. The molecule has 1 aliphatic heterocycles. The minimum absolute atomic E-state index is 0.0156. The lowest BCUT2D eigenvalue weighted by atomic mass is 10.2. The molecule has 1 atom stereocenters. The van der Waals surface area contributed by atoms with Crippen LogP contribution >= 0.6 is 11.8 Å². The van der Waals surface area contributed by atoms with Crippen LogP contribution in [0.4, 0.5) is 5.69 Å². The van der Waals surface area contributed by atoms with Gasteiger partial charge in [-0.25, -0.2) is 0 Å². The monoisotopic (exact) mass is 399 g/mol. The normalized spacial score (nSPS) is 14.3. The summed E-state index contributed by atoms with van der Waals surface area (Å²) in [7, 11) is 0. The van der Waals surface area contributed by atoms with Gasteiger partial charge < -0.3 is 13.9 Å². The molecule has 9 heteroatoms. The largest absolute Gasteiger partial charge is 0.490 e. The highest BCUT2D eigenvalue weighted by molar-refractivity contribution is 7.99. The molecule has 4 rings (SSSR count). The van der Waals surface area contributed by atoms with E-state index in [-0.39, 0.29) is 10.9 Å². The van der Waals surface area contributed by atoms with Crippen molar-refractivity contribution in [3.8, 4) is 23.0 Å². The summed E-state index contributed by atoms with van der Waals surface area (Å²) in [4.78, 5) is 11.3. The van der Waals surface area contributed by atoms with E-state index in [0.29, 0.717) is 30.6 Å². The second-order valence-electron chi connectivity index (χ2n) is 6.17. The number of nitro benzene ring substituents is 1. The number of nitrogens with zero attached hydrogens (tertiary/aromatic N) is 3. The van der Waals surface area contributed by atoms with Gasteiger partial charge in [-0.05, 0) is 37.3 Å².